The molecule has 2 atom stereocenters. The van der Waals surface area contributed by atoms with E-state index in [0.29, 0.717) is 6.04 Å². The molecular formula is C29H48NOP. The molecule has 180 valence electrons. The minimum atomic E-state index is -0.206. The standard InChI is InChI=1S/C29H48NOP/c1-29(2,3)21-27(31)26-18-12-20-30(26)22-23-13-10-11-19-28(23)32(24-14-6-4-7-15-24)25-16-8-5-9-17-25/h10-11,13,19,24-27,31H,4-9,12,14-18,20-22H2,1-3H3/t26-,27+/m0/s1. The highest BCUT2D eigenvalue weighted by Gasteiger charge is 2.36. The summed E-state index contributed by atoms with van der Waals surface area (Å²) in [5, 5.41) is 12.8. The third kappa shape index (κ3) is 6.37. The van der Waals surface area contributed by atoms with E-state index in [1.807, 2.05) is 0 Å². The van der Waals surface area contributed by atoms with Crippen LogP contribution in [0.25, 0.3) is 0 Å². The summed E-state index contributed by atoms with van der Waals surface area (Å²) in [5.41, 5.74) is 3.67. The Balaban J connectivity index is 1.56. The number of benzene rings is 1. The lowest BCUT2D eigenvalue weighted by Gasteiger charge is -2.40. The zero-order valence-corrected chi connectivity index (χ0v) is 22.0. The summed E-state index contributed by atoms with van der Waals surface area (Å²) in [6.45, 7) is 8.95. The van der Waals surface area contributed by atoms with Gasteiger partial charge in [0.2, 0.25) is 0 Å². The Labute approximate surface area is 199 Å². The van der Waals surface area contributed by atoms with Gasteiger partial charge in [-0.3, -0.25) is 4.90 Å². The maximum Gasteiger partial charge on any atom is 0.0700 e. The maximum absolute atomic E-state index is 11.1. The number of hydrogen-bond acceptors (Lipinski definition) is 2. The van der Waals surface area contributed by atoms with Gasteiger partial charge in [-0.2, -0.15) is 0 Å². The first-order chi connectivity index (χ1) is 15.4. The summed E-state index contributed by atoms with van der Waals surface area (Å²) in [7, 11) is -0.0740. The number of nitrogens with zero attached hydrogens (tertiary/aromatic N) is 1. The molecule has 1 aromatic carbocycles. The van der Waals surface area contributed by atoms with Crippen molar-refractivity contribution < 1.29 is 5.11 Å². The Bertz CT molecular complexity index is 683. The zero-order chi connectivity index (χ0) is 22.6. The van der Waals surface area contributed by atoms with Crippen molar-refractivity contribution in [2.45, 2.75) is 134 Å². The lowest BCUT2D eigenvalue weighted by Crippen LogP contribution is -2.41. The minimum Gasteiger partial charge on any atom is -0.391 e. The van der Waals surface area contributed by atoms with Gasteiger partial charge in [0.25, 0.3) is 0 Å². The first-order valence-electron chi connectivity index (χ1n) is 13.7. The molecule has 2 nitrogen and oxygen atoms in total. The fourth-order valence-electron chi connectivity index (χ4n) is 6.77. The van der Waals surface area contributed by atoms with E-state index in [-0.39, 0.29) is 19.4 Å². The predicted octanol–water partition coefficient (Wildman–Crippen LogP) is 7.22. The van der Waals surface area contributed by atoms with E-state index in [4.69, 9.17) is 0 Å². The minimum absolute atomic E-state index is 0.0740. The SMILES string of the molecule is CC(C)(C)C[C@@H](O)[C@@H]1CCCN1Cc1ccccc1P(C1CCCCC1)C1CCCCC1. The van der Waals surface area contributed by atoms with Gasteiger partial charge >= 0.3 is 0 Å². The van der Waals surface area contributed by atoms with Gasteiger partial charge in [0, 0.05) is 12.6 Å². The van der Waals surface area contributed by atoms with Crippen LogP contribution in [0.1, 0.15) is 110 Å². The van der Waals surface area contributed by atoms with Crippen LogP contribution in [0.2, 0.25) is 0 Å². The van der Waals surface area contributed by atoms with E-state index >= 15 is 0 Å². The van der Waals surface area contributed by atoms with E-state index in [2.05, 4.69) is 49.9 Å². The van der Waals surface area contributed by atoms with Crippen LogP contribution in [0, 0.1) is 5.41 Å². The van der Waals surface area contributed by atoms with Crippen molar-refractivity contribution in [1.82, 2.24) is 4.90 Å². The van der Waals surface area contributed by atoms with Crippen molar-refractivity contribution in [2.24, 2.45) is 5.41 Å². The van der Waals surface area contributed by atoms with E-state index in [0.717, 1.165) is 37.2 Å². The number of rotatable bonds is 7. The quantitative estimate of drug-likeness (QED) is 0.437. The molecule has 0 radical (unpaired) electrons. The van der Waals surface area contributed by atoms with Crippen molar-refractivity contribution in [3.05, 3.63) is 29.8 Å². The molecule has 3 fully saturated rings. The van der Waals surface area contributed by atoms with Crippen LogP contribution in [-0.4, -0.2) is 40.0 Å². The molecule has 2 aliphatic carbocycles. The monoisotopic (exact) mass is 457 g/mol. The van der Waals surface area contributed by atoms with Crippen LogP contribution in [0.4, 0.5) is 0 Å². The normalized spacial score (nSPS) is 25.5. The molecule has 0 bridgehead atoms. The summed E-state index contributed by atoms with van der Waals surface area (Å²) in [4.78, 5) is 2.63. The van der Waals surface area contributed by atoms with Crippen LogP contribution in [0.15, 0.2) is 24.3 Å². The Morgan fingerprint density at radius 2 is 1.47 bits per heavy atom. The van der Waals surface area contributed by atoms with Crippen molar-refractivity contribution in [3.63, 3.8) is 0 Å². The van der Waals surface area contributed by atoms with Crippen LogP contribution in [-0.2, 0) is 6.54 Å². The molecule has 32 heavy (non-hydrogen) atoms. The number of likely N-dealkylation sites (tertiary alicyclic amines) is 1. The molecule has 1 heterocycles. The van der Waals surface area contributed by atoms with Crippen molar-refractivity contribution in [1.29, 1.82) is 0 Å². The fraction of sp³-hybridized carbons (Fsp3) is 0.793. The van der Waals surface area contributed by atoms with E-state index in [9.17, 15) is 5.11 Å². The van der Waals surface area contributed by atoms with E-state index < -0.39 is 0 Å². The van der Waals surface area contributed by atoms with Crippen LogP contribution < -0.4 is 5.30 Å². The zero-order valence-electron chi connectivity index (χ0n) is 21.1. The van der Waals surface area contributed by atoms with Gasteiger partial charge in [0.1, 0.15) is 0 Å². The summed E-state index contributed by atoms with van der Waals surface area (Å²) in [6, 6.07) is 9.86. The average Bonchev–Trinajstić information content (AvgIpc) is 3.24. The fourth-order valence-corrected chi connectivity index (χ4v) is 10.7. The molecule has 1 saturated heterocycles. The molecule has 2 saturated carbocycles. The van der Waals surface area contributed by atoms with Gasteiger partial charge in [-0.15, -0.1) is 0 Å². The summed E-state index contributed by atoms with van der Waals surface area (Å²) < 4.78 is 0. The third-order valence-corrected chi connectivity index (χ3v) is 11.9. The molecule has 0 amide bonds. The van der Waals surface area contributed by atoms with Gasteiger partial charge in [-0.25, -0.2) is 0 Å². The van der Waals surface area contributed by atoms with Crippen molar-refractivity contribution in [2.75, 3.05) is 6.54 Å². The lowest BCUT2D eigenvalue weighted by molar-refractivity contribution is 0.0392. The maximum atomic E-state index is 11.1. The van der Waals surface area contributed by atoms with Gasteiger partial charge in [0.05, 0.1) is 6.10 Å². The second-order valence-electron chi connectivity index (χ2n) is 12.1. The highest BCUT2D eigenvalue weighted by atomic mass is 31.1. The Morgan fingerprint density at radius 3 is 2.06 bits per heavy atom. The van der Waals surface area contributed by atoms with E-state index in [1.165, 1.54) is 70.6 Å². The smallest absolute Gasteiger partial charge is 0.0700 e. The molecule has 4 rings (SSSR count). The second kappa shape index (κ2) is 11.3. The summed E-state index contributed by atoms with van der Waals surface area (Å²) in [6.07, 6.45) is 17.6. The molecule has 3 aliphatic rings. The van der Waals surface area contributed by atoms with Gasteiger partial charge < -0.3 is 5.11 Å². The molecule has 0 aromatic heterocycles. The molecule has 1 N–H and O–H groups in total. The van der Waals surface area contributed by atoms with Gasteiger partial charge in [-0.1, -0.05) is 91.5 Å². The summed E-state index contributed by atoms with van der Waals surface area (Å²) >= 11 is 0. The van der Waals surface area contributed by atoms with Gasteiger partial charge in [-0.05, 0) is 79.1 Å². The van der Waals surface area contributed by atoms with Crippen LogP contribution in [0.3, 0.4) is 0 Å². The molecule has 1 aliphatic heterocycles. The molecule has 0 spiro atoms. The second-order valence-corrected chi connectivity index (χ2v) is 14.9. The van der Waals surface area contributed by atoms with E-state index in [1.54, 1.807) is 10.9 Å². The van der Waals surface area contributed by atoms with Crippen molar-refractivity contribution in [3.8, 4) is 0 Å². The average molecular weight is 458 g/mol. The largest absolute Gasteiger partial charge is 0.391 e. The van der Waals surface area contributed by atoms with Crippen LogP contribution >= 0.6 is 7.92 Å². The Kier molecular flexibility index (Phi) is 8.74. The topological polar surface area (TPSA) is 23.5 Å². The Morgan fingerprint density at radius 1 is 0.875 bits per heavy atom. The lowest BCUT2D eigenvalue weighted by atomic mass is 9.86. The van der Waals surface area contributed by atoms with Gasteiger partial charge in [0.15, 0.2) is 0 Å². The first kappa shape index (κ1) is 24.7. The molecular weight excluding hydrogens is 409 g/mol. The molecule has 1 aromatic rings. The first-order valence-corrected chi connectivity index (χ1v) is 15.2. The predicted molar refractivity (Wildman–Crippen MR) is 140 cm³/mol. The molecule has 0 unspecified atom stereocenters. The summed E-state index contributed by atoms with van der Waals surface area (Å²) in [5.74, 6) is 0. The number of hydrogen-bond donors (Lipinski definition) is 1. The van der Waals surface area contributed by atoms with Crippen molar-refractivity contribution >= 4 is 13.2 Å². The highest BCUT2D eigenvalue weighted by molar-refractivity contribution is 7.67. The Hall–Kier alpha value is -0.430. The molecule has 3 heteroatoms. The number of aliphatic hydroxyl groups excluding tert-OH is 1. The highest BCUT2D eigenvalue weighted by Crippen LogP contribution is 2.55. The number of aliphatic hydroxyl groups is 1. The van der Waals surface area contributed by atoms with Crippen LogP contribution in [0.5, 0.6) is 0 Å². The third-order valence-electron chi connectivity index (χ3n) is 8.26.